The number of aromatic nitrogens is 1. The zero-order valence-corrected chi connectivity index (χ0v) is 27.1. The normalized spacial score (nSPS) is 11.6. The molecule has 0 aliphatic heterocycles. The van der Waals surface area contributed by atoms with Gasteiger partial charge in [-0.25, -0.2) is 4.98 Å². The quantitative estimate of drug-likeness (QED) is 0.182. The molecule has 230 valence electrons. The lowest BCUT2D eigenvalue weighted by atomic mass is 9.86. The second-order valence-electron chi connectivity index (χ2n) is 13.0. The molecule has 10 rings (SSSR count). The Labute approximate surface area is 289 Å². The first-order chi connectivity index (χ1) is 24.7. The number of hydrogen-bond donors (Lipinski definition) is 0. The Morgan fingerprint density at radius 2 is 0.780 bits per heavy atom. The number of nitriles is 1. The maximum atomic E-state index is 9.52. The van der Waals surface area contributed by atoms with Crippen LogP contribution in [0.25, 0.3) is 98.3 Å². The number of rotatable bonds is 3. The molecule has 0 bridgehead atoms. The van der Waals surface area contributed by atoms with Gasteiger partial charge in [0.15, 0.2) is 0 Å². The van der Waals surface area contributed by atoms with Crippen LogP contribution in [0.3, 0.4) is 0 Å². The summed E-state index contributed by atoms with van der Waals surface area (Å²) >= 11 is 0. The summed E-state index contributed by atoms with van der Waals surface area (Å²) in [4.78, 5) is 5.42. The van der Waals surface area contributed by atoms with Gasteiger partial charge < -0.3 is 0 Å². The summed E-state index contributed by atoms with van der Waals surface area (Å²) in [6.07, 6.45) is 0. The predicted octanol–water partition coefficient (Wildman–Crippen LogP) is 12.9. The molecule has 1 heterocycles. The van der Waals surface area contributed by atoms with Gasteiger partial charge in [-0.2, -0.15) is 5.26 Å². The standard InChI is InChI=1S/C48H28N2/c49-29-30-21-23-31(24-22-30)47-28-45(43-26-33-12-2-4-14-35(33)37-16-6-8-18-39(37)43)46-27-44(40-19-9-10-20-41(40)48(46)50-47)42-25-32-11-1-3-13-34(32)36-15-5-7-17-38(36)42/h1-28H. The van der Waals surface area contributed by atoms with Crippen LogP contribution in [0.1, 0.15) is 5.56 Å². The highest BCUT2D eigenvalue weighted by molar-refractivity contribution is 6.23. The Balaban J connectivity index is 1.38. The minimum Gasteiger partial charge on any atom is -0.247 e. The minimum absolute atomic E-state index is 0.632. The Bertz CT molecular complexity index is 3040. The summed E-state index contributed by atoms with van der Waals surface area (Å²) in [5.74, 6) is 0. The van der Waals surface area contributed by atoms with Crippen LogP contribution < -0.4 is 0 Å². The summed E-state index contributed by atoms with van der Waals surface area (Å²) in [5.41, 5.74) is 8.16. The highest BCUT2D eigenvalue weighted by atomic mass is 14.7. The lowest BCUT2D eigenvalue weighted by molar-refractivity contribution is 1.40. The zero-order chi connectivity index (χ0) is 33.2. The number of benzene rings is 9. The van der Waals surface area contributed by atoms with Gasteiger partial charge >= 0.3 is 0 Å². The Morgan fingerprint density at radius 1 is 0.360 bits per heavy atom. The van der Waals surface area contributed by atoms with Crippen LogP contribution in [0, 0.1) is 11.3 Å². The molecule has 0 spiro atoms. The van der Waals surface area contributed by atoms with Crippen molar-refractivity contribution in [3.8, 4) is 39.6 Å². The molecular weight excluding hydrogens is 605 g/mol. The topological polar surface area (TPSA) is 36.7 Å². The molecule has 0 N–H and O–H groups in total. The molecule has 0 aliphatic rings. The van der Waals surface area contributed by atoms with Crippen LogP contribution in [0.15, 0.2) is 170 Å². The SMILES string of the molecule is N#Cc1ccc(-c2cc(-c3cc4ccccc4c4ccccc34)c3cc(-c4cc5ccccc5c5ccccc45)c4ccccc4c3n2)cc1. The van der Waals surface area contributed by atoms with E-state index in [2.05, 4.69) is 152 Å². The molecule has 10 aromatic rings. The maximum absolute atomic E-state index is 9.52. The van der Waals surface area contributed by atoms with Gasteiger partial charge in [0.25, 0.3) is 0 Å². The van der Waals surface area contributed by atoms with Gasteiger partial charge in [0.2, 0.25) is 0 Å². The van der Waals surface area contributed by atoms with E-state index in [0.717, 1.165) is 33.1 Å². The summed E-state index contributed by atoms with van der Waals surface area (Å²) in [5, 5.41) is 22.7. The van der Waals surface area contributed by atoms with Gasteiger partial charge in [0, 0.05) is 16.3 Å². The molecule has 0 radical (unpaired) electrons. The smallest absolute Gasteiger partial charge is 0.0991 e. The molecule has 1 aromatic heterocycles. The van der Waals surface area contributed by atoms with Crippen molar-refractivity contribution in [3.05, 3.63) is 175 Å². The summed E-state index contributed by atoms with van der Waals surface area (Å²) in [6.45, 7) is 0. The van der Waals surface area contributed by atoms with Crippen molar-refractivity contribution in [3.63, 3.8) is 0 Å². The van der Waals surface area contributed by atoms with Gasteiger partial charge in [0.05, 0.1) is 22.8 Å². The van der Waals surface area contributed by atoms with Gasteiger partial charge in [-0.1, -0.05) is 133 Å². The maximum Gasteiger partial charge on any atom is 0.0991 e. The number of pyridine rings is 1. The fourth-order valence-corrected chi connectivity index (χ4v) is 7.92. The third-order valence-corrected chi connectivity index (χ3v) is 10.2. The van der Waals surface area contributed by atoms with Gasteiger partial charge in [-0.15, -0.1) is 0 Å². The average molecular weight is 633 g/mol. The van der Waals surface area contributed by atoms with Gasteiger partial charge in [-0.3, -0.25) is 0 Å². The molecule has 0 aliphatic carbocycles. The van der Waals surface area contributed by atoms with E-state index in [1.807, 2.05) is 24.3 Å². The monoisotopic (exact) mass is 632 g/mol. The van der Waals surface area contributed by atoms with Crippen molar-refractivity contribution < 1.29 is 0 Å². The largest absolute Gasteiger partial charge is 0.247 e. The minimum atomic E-state index is 0.632. The first kappa shape index (κ1) is 28.2. The van der Waals surface area contributed by atoms with Crippen molar-refractivity contribution >= 4 is 64.8 Å². The van der Waals surface area contributed by atoms with Crippen molar-refractivity contribution in [2.24, 2.45) is 0 Å². The molecular formula is C48H28N2. The van der Waals surface area contributed by atoms with Crippen molar-refractivity contribution in [2.75, 3.05) is 0 Å². The Morgan fingerprint density at radius 3 is 1.32 bits per heavy atom. The molecule has 9 aromatic carbocycles. The summed E-state index contributed by atoms with van der Waals surface area (Å²) in [6, 6.07) is 62.9. The van der Waals surface area contributed by atoms with E-state index in [0.29, 0.717) is 5.56 Å². The van der Waals surface area contributed by atoms with E-state index in [-0.39, 0.29) is 0 Å². The van der Waals surface area contributed by atoms with E-state index in [4.69, 9.17) is 4.98 Å². The molecule has 0 atom stereocenters. The highest BCUT2D eigenvalue weighted by Gasteiger charge is 2.19. The molecule has 2 nitrogen and oxygen atoms in total. The van der Waals surface area contributed by atoms with Crippen molar-refractivity contribution in [2.45, 2.75) is 0 Å². The lowest BCUT2D eigenvalue weighted by Crippen LogP contribution is -1.95. The van der Waals surface area contributed by atoms with Crippen LogP contribution in [0.2, 0.25) is 0 Å². The Kier molecular flexibility index (Phi) is 6.28. The van der Waals surface area contributed by atoms with E-state index < -0.39 is 0 Å². The van der Waals surface area contributed by atoms with E-state index in [9.17, 15) is 5.26 Å². The molecule has 0 fully saturated rings. The van der Waals surface area contributed by atoms with E-state index in [1.54, 1.807) is 0 Å². The molecule has 0 saturated heterocycles. The van der Waals surface area contributed by atoms with Crippen molar-refractivity contribution in [1.29, 1.82) is 5.26 Å². The second kappa shape index (κ2) is 11.1. The fraction of sp³-hybridized carbons (Fsp3) is 0. The van der Waals surface area contributed by atoms with E-state index >= 15 is 0 Å². The molecule has 0 amide bonds. The second-order valence-corrected chi connectivity index (χ2v) is 13.0. The van der Waals surface area contributed by atoms with Crippen LogP contribution in [-0.4, -0.2) is 4.98 Å². The van der Waals surface area contributed by atoms with Crippen LogP contribution in [-0.2, 0) is 0 Å². The predicted molar refractivity (Wildman–Crippen MR) is 210 cm³/mol. The summed E-state index contributed by atoms with van der Waals surface area (Å²) in [7, 11) is 0. The molecule has 0 unspecified atom stereocenters. The molecule has 0 saturated carbocycles. The summed E-state index contributed by atoms with van der Waals surface area (Å²) < 4.78 is 0. The van der Waals surface area contributed by atoms with Gasteiger partial charge in [0.1, 0.15) is 0 Å². The van der Waals surface area contributed by atoms with Crippen LogP contribution >= 0.6 is 0 Å². The lowest BCUT2D eigenvalue weighted by Gasteiger charge is -2.19. The number of nitrogens with zero attached hydrogens (tertiary/aromatic N) is 2. The molecule has 50 heavy (non-hydrogen) atoms. The van der Waals surface area contributed by atoms with Crippen LogP contribution in [0.4, 0.5) is 0 Å². The van der Waals surface area contributed by atoms with Crippen molar-refractivity contribution in [1.82, 2.24) is 4.98 Å². The van der Waals surface area contributed by atoms with Gasteiger partial charge in [-0.05, 0) is 107 Å². The third-order valence-electron chi connectivity index (χ3n) is 10.2. The highest BCUT2D eigenvalue weighted by Crippen LogP contribution is 2.45. The third kappa shape index (κ3) is 4.31. The van der Waals surface area contributed by atoms with E-state index in [1.165, 1.54) is 65.2 Å². The number of fused-ring (bicyclic) bond motifs is 9. The first-order valence-corrected chi connectivity index (χ1v) is 16.9. The fourth-order valence-electron chi connectivity index (χ4n) is 7.92. The average Bonchev–Trinajstić information content (AvgIpc) is 3.19. The number of hydrogen-bond acceptors (Lipinski definition) is 2. The van der Waals surface area contributed by atoms with Crippen LogP contribution in [0.5, 0.6) is 0 Å². The molecule has 2 heteroatoms. The first-order valence-electron chi connectivity index (χ1n) is 16.9. The zero-order valence-electron chi connectivity index (χ0n) is 27.1. The Hall–Kier alpha value is -6.82.